The van der Waals surface area contributed by atoms with E-state index in [1.54, 1.807) is 7.11 Å². The number of ether oxygens (including phenoxy) is 1. The second-order valence-corrected chi connectivity index (χ2v) is 7.96. The van der Waals surface area contributed by atoms with Gasteiger partial charge >= 0.3 is 0 Å². The van der Waals surface area contributed by atoms with Crippen molar-refractivity contribution < 1.29 is 4.74 Å². The van der Waals surface area contributed by atoms with Crippen LogP contribution < -0.4 is 10.6 Å². The van der Waals surface area contributed by atoms with E-state index in [4.69, 9.17) is 9.73 Å². The van der Waals surface area contributed by atoms with E-state index in [1.807, 2.05) is 0 Å². The van der Waals surface area contributed by atoms with Crippen LogP contribution in [0.2, 0.25) is 0 Å². The van der Waals surface area contributed by atoms with Crippen LogP contribution in [0, 0.1) is 11.8 Å². The average Bonchev–Trinajstić information content (AvgIpc) is 2.59. The van der Waals surface area contributed by atoms with Gasteiger partial charge in [0.15, 0.2) is 5.96 Å². The second kappa shape index (κ2) is 16.8. The molecule has 1 aliphatic rings. The van der Waals surface area contributed by atoms with Gasteiger partial charge in [-0.15, -0.1) is 24.0 Å². The number of rotatable bonds is 12. The first-order valence-electron chi connectivity index (χ1n) is 10.5. The Bertz CT molecular complexity index is 381. The van der Waals surface area contributed by atoms with Gasteiger partial charge in [-0.3, -0.25) is 4.99 Å². The van der Waals surface area contributed by atoms with Gasteiger partial charge in [0.2, 0.25) is 0 Å². The minimum Gasteiger partial charge on any atom is -0.385 e. The third kappa shape index (κ3) is 13.7. The van der Waals surface area contributed by atoms with E-state index in [0.29, 0.717) is 5.92 Å². The Morgan fingerprint density at radius 3 is 2.74 bits per heavy atom. The van der Waals surface area contributed by atoms with Gasteiger partial charge < -0.3 is 25.2 Å². The number of methoxy groups -OCH3 is 1. The maximum Gasteiger partial charge on any atom is 0.191 e. The van der Waals surface area contributed by atoms with E-state index < -0.39 is 0 Å². The van der Waals surface area contributed by atoms with Crippen molar-refractivity contribution in [2.75, 3.05) is 73.1 Å². The van der Waals surface area contributed by atoms with E-state index in [-0.39, 0.29) is 24.0 Å². The predicted molar refractivity (Wildman–Crippen MR) is 127 cm³/mol. The zero-order chi connectivity index (χ0) is 19.2. The summed E-state index contributed by atoms with van der Waals surface area (Å²) in [6.07, 6.45) is 3.69. The molecular formula is C20H44IN5O. The Hall–Kier alpha value is -0.120. The maximum absolute atomic E-state index is 5.11. The first-order chi connectivity index (χ1) is 12.5. The van der Waals surface area contributed by atoms with Crippen molar-refractivity contribution in [3.63, 3.8) is 0 Å². The summed E-state index contributed by atoms with van der Waals surface area (Å²) < 4.78 is 5.11. The molecule has 27 heavy (non-hydrogen) atoms. The number of likely N-dealkylation sites (tertiary alicyclic amines) is 1. The average molecular weight is 498 g/mol. The number of likely N-dealkylation sites (N-methyl/N-ethyl adjacent to an activating group) is 1. The summed E-state index contributed by atoms with van der Waals surface area (Å²) in [5, 5.41) is 6.86. The Labute approximate surface area is 184 Å². The van der Waals surface area contributed by atoms with E-state index in [1.165, 1.54) is 32.5 Å². The first kappa shape index (κ1) is 26.9. The van der Waals surface area contributed by atoms with Crippen LogP contribution in [0.1, 0.15) is 40.0 Å². The Morgan fingerprint density at radius 1 is 1.30 bits per heavy atom. The molecule has 1 fully saturated rings. The van der Waals surface area contributed by atoms with Crippen molar-refractivity contribution in [2.24, 2.45) is 16.8 Å². The fourth-order valence-electron chi connectivity index (χ4n) is 3.50. The molecule has 0 amide bonds. The highest BCUT2D eigenvalue weighted by Gasteiger charge is 2.20. The number of nitrogens with one attached hydrogen (secondary N) is 2. The molecule has 0 radical (unpaired) electrons. The molecule has 2 N–H and O–H groups in total. The highest BCUT2D eigenvalue weighted by molar-refractivity contribution is 14.0. The zero-order valence-corrected chi connectivity index (χ0v) is 20.6. The molecule has 162 valence electrons. The van der Waals surface area contributed by atoms with Crippen LogP contribution in [-0.4, -0.2) is 88.9 Å². The molecule has 6 nitrogen and oxygen atoms in total. The molecule has 1 rings (SSSR count). The lowest BCUT2D eigenvalue weighted by atomic mass is 9.97. The monoisotopic (exact) mass is 497 g/mol. The summed E-state index contributed by atoms with van der Waals surface area (Å²) in [5.41, 5.74) is 0. The minimum absolute atomic E-state index is 0. The summed E-state index contributed by atoms with van der Waals surface area (Å²) in [6, 6.07) is 0. The van der Waals surface area contributed by atoms with E-state index in [9.17, 15) is 0 Å². The van der Waals surface area contributed by atoms with Gasteiger partial charge in [0.1, 0.15) is 0 Å². The van der Waals surface area contributed by atoms with Crippen molar-refractivity contribution in [1.29, 1.82) is 0 Å². The number of nitrogens with zero attached hydrogens (tertiary/aromatic N) is 3. The van der Waals surface area contributed by atoms with Crippen molar-refractivity contribution in [1.82, 2.24) is 20.4 Å². The molecule has 1 unspecified atom stereocenters. The highest BCUT2D eigenvalue weighted by atomic mass is 127. The largest absolute Gasteiger partial charge is 0.385 e. The summed E-state index contributed by atoms with van der Waals surface area (Å²) in [6.45, 7) is 16.1. The summed E-state index contributed by atoms with van der Waals surface area (Å²) >= 11 is 0. The third-order valence-corrected chi connectivity index (χ3v) is 4.75. The van der Waals surface area contributed by atoms with Crippen molar-refractivity contribution in [2.45, 2.75) is 40.0 Å². The van der Waals surface area contributed by atoms with Crippen LogP contribution in [-0.2, 0) is 4.74 Å². The number of aliphatic imine (C=N–C) groups is 1. The van der Waals surface area contributed by atoms with Crippen molar-refractivity contribution in [3.8, 4) is 0 Å². The van der Waals surface area contributed by atoms with Crippen LogP contribution in [0.3, 0.4) is 0 Å². The fourth-order valence-corrected chi connectivity index (χ4v) is 3.50. The fraction of sp³-hybridized carbons (Fsp3) is 0.950. The lowest BCUT2D eigenvalue weighted by Gasteiger charge is -2.33. The van der Waals surface area contributed by atoms with Gasteiger partial charge in [-0.05, 0) is 51.6 Å². The van der Waals surface area contributed by atoms with Gasteiger partial charge in [-0.25, -0.2) is 0 Å². The molecule has 1 atom stereocenters. The highest BCUT2D eigenvalue weighted by Crippen LogP contribution is 2.17. The van der Waals surface area contributed by atoms with Crippen LogP contribution >= 0.6 is 24.0 Å². The van der Waals surface area contributed by atoms with Gasteiger partial charge in [-0.1, -0.05) is 13.8 Å². The summed E-state index contributed by atoms with van der Waals surface area (Å²) in [4.78, 5) is 9.80. The van der Waals surface area contributed by atoms with Gasteiger partial charge in [0, 0.05) is 59.5 Å². The molecule has 0 aromatic carbocycles. The van der Waals surface area contributed by atoms with Crippen LogP contribution in [0.4, 0.5) is 0 Å². The third-order valence-electron chi connectivity index (χ3n) is 4.75. The Kier molecular flexibility index (Phi) is 16.7. The quantitative estimate of drug-likeness (QED) is 0.188. The summed E-state index contributed by atoms with van der Waals surface area (Å²) in [7, 11) is 3.92. The van der Waals surface area contributed by atoms with Crippen molar-refractivity contribution >= 4 is 29.9 Å². The first-order valence-corrected chi connectivity index (χ1v) is 10.5. The van der Waals surface area contributed by atoms with Gasteiger partial charge in [0.25, 0.3) is 0 Å². The molecular weight excluding hydrogens is 453 g/mol. The van der Waals surface area contributed by atoms with Crippen LogP contribution in [0.5, 0.6) is 0 Å². The zero-order valence-electron chi connectivity index (χ0n) is 18.3. The molecule has 0 aliphatic carbocycles. The molecule has 1 heterocycles. The smallest absolute Gasteiger partial charge is 0.191 e. The lowest BCUT2D eigenvalue weighted by molar-refractivity contribution is 0.162. The minimum atomic E-state index is 0. The molecule has 1 saturated heterocycles. The van der Waals surface area contributed by atoms with Crippen molar-refractivity contribution in [3.05, 3.63) is 0 Å². The maximum atomic E-state index is 5.11. The number of hydrogen-bond acceptors (Lipinski definition) is 4. The predicted octanol–water partition coefficient (Wildman–Crippen LogP) is 2.50. The Morgan fingerprint density at radius 2 is 2.07 bits per heavy atom. The van der Waals surface area contributed by atoms with Gasteiger partial charge in [0.05, 0.1) is 0 Å². The van der Waals surface area contributed by atoms with E-state index in [0.717, 1.165) is 57.6 Å². The molecule has 0 saturated carbocycles. The Balaban J connectivity index is 0.00000676. The molecule has 1 aliphatic heterocycles. The SMILES string of the molecule is CCNC(=NCC1CCCN(CC(C)C)C1)NCCN(C)CCCOC.I. The van der Waals surface area contributed by atoms with Crippen LogP contribution in [0.15, 0.2) is 4.99 Å². The molecule has 0 aromatic heterocycles. The van der Waals surface area contributed by atoms with E-state index in [2.05, 4.69) is 48.3 Å². The number of guanidine groups is 1. The number of halogens is 1. The second-order valence-electron chi connectivity index (χ2n) is 7.96. The standard InChI is InChI=1S/C20H43N5O.HI/c1-6-21-20(22-10-13-24(4)11-8-14-26-5)23-15-19-9-7-12-25(17-19)16-18(2)3;/h18-19H,6-17H2,1-5H3,(H2,21,22,23);1H. The van der Waals surface area contributed by atoms with Gasteiger partial charge in [-0.2, -0.15) is 0 Å². The molecule has 7 heteroatoms. The van der Waals surface area contributed by atoms with Crippen LogP contribution in [0.25, 0.3) is 0 Å². The lowest BCUT2D eigenvalue weighted by Crippen LogP contribution is -2.42. The molecule has 0 aromatic rings. The topological polar surface area (TPSA) is 52.1 Å². The molecule has 0 spiro atoms. The normalized spacial score (nSPS) is 18.6. The number of piperidine rings is 1. The summed E-state index contributed by atoms with van der Waals surface area (Å²) in [5.74, 6) is 2.39. The molecule has 0 bridgehead atoms. The number of hydrogen-bond donors (Lipinski definition) is 2. The van der Waals surface area contributed by atoms with E-state index >= 15 is 0 Å².